The van der Waals surface area contributed by atoms with E-state index in [0.717, 1.165) is 24.3 Å². The summed E-state index contributed by atoms with van der Waals surface area (Å²) in [4.78, 5) is 0. The van der Waals surface area contributed by atoms with E-state index in [9.17, 15) is 5.11 Å². The molecule has 0 bridgehead atoms. The zero-order chi connectivity index (χ0) is 12.6. The minimum absolute atomic E-state index is 0.323. The largest absolute Gasteiger partial charge is 0.388 e. The predicted octanol–water partition coefficient (Wildman–Crippen LogP) is 5.16. The zero-order valence-electron chi connectivity index (χ0n) is 10.1. The summed E-state index contributed by atoms with van der Waals surface area (Å²) < 4.78 is 1.29. The first-order chi connectivity index (χ1) is 7.99. The van der Waals surface area contributed by atoms with Crippen molar-refractivity contribution in [3.63, 3.8) is 0 Å². The van der Waals surface area contributed by atoms with Crippen LogP contribution in [0.3, 0.4) is 0 Å². The molecule has 1 nitrogen and oxygen atoms in total. The van der Waals surface area contributed by atoms with Gasteiger partial charge in [-0.2, -0.15) is 0 Å². The fourth-order valence-electron chi connectivity index (χ4n) is 2.68. The Hall–Kier alpha value is 0.240. The topological polar surface area (TPSA) is 20.2 Å². The van der Waals surface area contributed by atoms with Gasteiger partial charge in [0.1, 0.15) is 4.34 Å². The van der Waals surface area contributed by atoms with Crippen LogP contribution in [0.4, 0.5) is 0 Å². The third-order valence-electron chi connectivity index (χ3n) is 4.09. The smallest absolute Gasteiger partial charge is 0.100 e. The molecule has 4 atom stereocenters. The second kappa shape index (κ2) is 5.48. The summed E-state index contributed by atoms with van der Waals surface area (Å²) in [5.74, 6) is 1.76. The summed E-state index contributed by atoms with van der Waals surface area (Å²) in [6, 6.07) is 1.81. The van der Waals surface area contributed by atoms with E-state index in [4.69, 9.17) is 23.2 Å². The van der Waals surface area contributed by atoms with Crippen LogP contribution in [-0.4, -0.2) is 5.11 Å². The number of aliphatic hydroxyl groups is 1. The van der Waals surface area contributed by atoms with E-state index in [2.05, 4.69) is 13.8 Å². The van der Waals surface area contributed by atoms with Crippen molar-refractivity contribution < 1.29 is 5.11 Å². The van der Waals surface area contributed by atoms with Crippen LogP contribution in [0.1, 0.15) is 44.8 Å². The summed E-state index contributed by atoms with van der Waals surface area (Å²) in [5, 5.41) is 10.4. The summed E-state index contributed by atoms with van der Waals surface area (Å²) in [6.07, 6.45) is 2.89. The predicted molar refractivity (Wildman–Crippen MR) is 75.0 cm³/mol. The Kier molecular flexibility index (Phi) is 4.40. The van der Waals surface area contributed by atoms with E-state index in [-0.39, 0.29) is 0 Å². The first-order valence-corrected chi connectivity index (χ1v) is 7.69. The van der Waals surface area contributed by atoms with Gasteiger partial charge in [-0.1, -0.05) is 43.5 Å². The normalized spacial score (nSPS) is 31.5. The van der Waals surface area contributed by atoms with Crippen LogP contribution in [0.2, 0.25) is 8.67 Å². The van der Waals surface area contributed by atoms with Crippen molar-refractivity contribution in [3.8, 4) is 0 Å². The van der Waals surface area contributed by atoms with Crippen molar-refractivity contribution in [2.24, 2.45) is 17.8 Å². The number of aliphatic hydroxyl groups excluding tert-OH is 1. The Balaban J connectivity index is 2.10. The molecule has 0 radical (unpaired) electrons. The third kappa shape index (κ3) is 2.98. The third-order valence-corrected chi connectivity index (χ3v) is 5.60. The Morgan fingerprint density at radius 3 is 2.53 bits per heavy atom. The average molecular weight is 293 g/mol. The van der Waals surface area contributed by atoms with Gasteiger partial charge in [-0.25, -0.2) is 0 Å². The number of halogens is 2. The minimum Gasteiger partial charge on any atom is -0.388 e. The number of rotatable bonds is 2. The summed E-state index contributed by atoms with van der Waals surface area (Å²) in [7, 11) is 0. The van der Waals surface area contributed by atoms with Crippen molar-refractivity contribution in [2.75, 3.05) is 0 Å². The maximum Gasteiger partial charge on any atom is 0.100 e. The van der Waals surface area contributed by atoms with Gasteiger partial charge in [-0.3, -0.25) is 0 Å². The molecular weight excluding hydrogens is 275 g/mol. The minimum atomic E-state index is -0.457. The van der Waals surface area contributed by atoms with Gasteiger partial charge in [-0.05, 0) is 36.7 Å². The lowest BCUT2D eigenvalue weighted by Gasteiger charge is -2.34. The maximum absolute atomic E-state index is 10.4. The van der Waals surface area contributed by atoms with Gasteiger partial charge in [0.2, 0.25) is 0 Å². The highest BCUT2D eigenvalue weighted by Crippen LogP contribution is 2.44. The van der Waals surface area contributed by atoms with E-state index >= 15 is 0 Å². The molecular formula is C13H18Cl2OS. The fourth-order valence-corrected chi connectivity index (χ4v) is 4.22. The molecule has 0 aliphatic heterocycles. The van der Waals surface area contributed by atoms with E-state index in [1.165, 1.54) is 17.8 Å². The molecule has 96 valence electrons. The molecule has 1 N–H and O–H groups in total. The highest BCUT2D eigenvalue weighted by molar-refractivity contribution is 7.20. The van der Waals surface area contributed by atoms with E-state index in [0.29, 0.717) is 20.5 Å². The molecule has 1 aliphatic rings. The van der Waals surface area contributed by atoms with Gasteiger partial charge < -0.3 is 5.11 Å². The van der Waals surface area contributed by atoms with E-state index in [1.807, 2.05) is 6.07 Å². The first-order valence-electron chi connectivity index (χ1n) is 6.11. The second-order valence-corrected chi connectivity index (χ2v) is 7.54. The van der Waals surface area contributed by atoms with Gasteiger partial charge in [0, 0.05) is 5.56 Å². The van der Waals surface area contributed by atoms with Crippen molar-refractivity contribution in [2.45, 2.75) is 39.2 Å². The molecule has 0 aromatic carbocycles. The van der Waals surface area contributed by atoms with Gasteiger partial charge in [0.25, 0.3) is 0 Å². The van der Waals surface area contributed by atoms with Crippen molar-refractivity contribution in [3.05, 3.63) is 20.3 Å². The molecule has 0 saturated heterocycles. The standard InChI is InChI=1S/C13H18Cl2OS/c1-7-3-4-9(5-8(7)2)12(16)10-6-11(14)17-13(10)15/h6-9,12,16H,3-5H2,1-2H3. The Morgan fingerprint density at radius 1 is 1.29 bits per heavy atom. The van der Waals surface area contributed by atoms with Crippen LogP contribution < -0.4 is 0 Å². The number of thiophene rings is 1. The molecule has 0 amide bonds. The van der Waals surface area contributed by atoms with Crippen LogP contribution in [-0.2, 0) is 0 Å². The summed E-state index contributed by atoms with van der Waals surface area (Å²) >= 11 is 13.4. The number of hydrogen-bond acceptors (Lipinski definition) is 2. The summed E-state index contributed by atoms with van der Waals surface area (Å²) in [5.41, 5.74) is 0.813. The first kappa shape index (κ1) is 13.7. The van der Waals surface area contributed by atoms with Gasteiger partial charge in [-0.15, -0.1) is 11.3 Å². The van der Waals surface area contributed by atoms with E-state index < -0.39 is 6.10 Å². The van der Waals surface area contributed by atoms with Crippen molar-refractivity contribution >= 4 is 34.5 Å². The van der Waals surface area contributed by atoms with Crippen LogP contribution in [0, 0.1) is 17.8 Å². The van der Waals surface area contributed by atoms with E-state index in [1.54, 1.807) is 0 Å². The highest BCUT2D eigenvalue weighted by atomic mass is 35.5. The Morgan fingerprint density at radius 2 is 2.00 bits per heavy atom. The van der Waals surface area contributed by atoms with Gasteiger partial charge >= 0.3 is 0 Å². The van der Waals surface area contributed by atoms with Crippen LogP contribution in [0.25, 0.3) is 0 Å². The monoisotopic (exact) mass is 292 g/mol. The molecule has 1 fully saturated rings. The average Bonchev–Trinajstić information content (AvgIpc) is 2.61. The maximum atomic E-state index is 10.4. The van der Waals surface area contributed by atoms with Crippen LogP contribution >= 0.6 is 34.5 Å². The molecule has 1 aromatic rings. The lowest BCUT2D eigenvalue weighted by Crippen LogP contribution is -2.25. The molecule has 4 unspecified atom stereocenters. The summed E-state index contributed by atoms with van der Waals surface area (Å²) in [6.45, 7) is 4.56. The van der Waals surface area contributed by atoms with Crippen LogP contribution in [0.5, 0.6) is 0 Å². The van der Waals surface area contributed by atoms with Crippen molar-refractivity contribution in [1.82, 2.24) is 0 Å². The quantitative estimate of drug-likeness (QED) is 0.798. The van der Waals surface area contributed by atoms with Gasteiger partial charge in [0.05, 0.1) is 10.4 Å². The Bertz CT molecular complexity index is 391. The molecule has 1 saturated carbocycles. The van der Waals surface area contributed by atoms with Crippen LogP contribution in [0.15, 0.2) is 6.07 Å². The molecule has 1 aliphatic carbocycles. The molecule has 4 heteroatoms. The lowest BCUT2D eigenvalue weighted by molar-refractivity contribution is 0.0564. The molecule has 0 spiro atoms. The Labute approximate surface area is 117 Å². The molecule has 17 heavy (non-hydrogen) atoms. The molecule has 2 rings (SSSR count). The highest BCUT2D eigenvalue weighted by Gasteiger charge is 2.31. The molecule has 1 heterocycles. The zero-order valence-corrected chi connectivity index (χ0v) is 12.4. The number of hydrogen-bond donors (Lipinski definition) is 1. The second-order valence-electron chi connectivity index (χ2n) is 5.25. The molecule has 1 aromatic heterocycles. The van der Waals surface area contributed by atoms with Crippen molar-refractivity contribution in [1.29, 1.82) is 0 Å². The fraction of sp³-hybridized carbons (Fsp3) is 0.692. The SMILES string of the molecule is CC1CCC(C(O)c2cc(Cl)sc2Cl)CC1C. The van der Waals surface area contributed by atoms with Gasteiger partial charge in [0.15, 0.2) is 0 Å². The lowest BCUT2D eigenvalue weighted by atomic mass is 9.73.